The number of ether oxygens (including phenoxy) is 1. The zero-order valence-electron chi connectivity index (χ0n) is 16.7. The molecule has 4 rings (SSSR count). The number of aromatic nitrogens is 2. The summed E-state index contributed by atoms with van der Waals surface area (Å²) < 4.78 is 21.6. The molecule has 1 aromatic heterocycles. The van der Waals surface area contributed by atoms with Gasteiger partial charge in [0.25, 0.3) is 0 Å². The molecule has 1 aromatic carbocycles. The van der Waals surface area contributed by atoms with Crippen molar-refractivity contribution >= 4 is 29.1 Å². The molecule has 2 saturated heterocycles. The summed E-state index contributed by atoms with van der Waals surface area (Å²) in [6.07, 6.45) is 2.15. The van der Waals surface area contributed by atoms with Gasteiger partial charge in [0.15, 0.2) is 0 Å². The second-order valence-corrected chi connectivity index (χ2v) is 7.51. The van der Waals surface area contributed by atoms with E-state index in [1.807, 2.05) is 4.90 Å². The van der Waals surface area contributed by atoms with Crippen molar-refractivity contribution in [3.63, 3.8) is 0 Å². The average molecular weight is 432 g/mol. The molecule has 164 valence electrons. The smallest absolute Gasteiger partial charge is 0.414 e. The summed E-state index contributed by atoms with van der Waals surface area (Å²) in [5.74, 6) is -0.707. The number of nitrogens with one attached hydrogen (secondary N) is 1. The third-order valence-electron chi connectivity index (χ3n) is 5.37. The maximum absolute atomic E-state index is 14.9. The minimum atomic E-state index is -0.594. The Kier molecular flexibility index (Phi) is 5.44. The lowest BCUT2D eigenvalue weighted by atomic mass is 10.2. The zero-order chi connectivity index (χ0) is 22.1. The number of nitrogens with zero attached hydrogens (tertiary/aromatic N) is 5. The fraction of sp³-hybridized carbons (Fsp3) is 0.421. The lowest BCUT2D eigenvalue weighted by Gasteiger charge is -2.21. The van der Waals surface area contributed by atoms with Gasteiger partial charge in [0.2, 0.25) is 5.91 Å². The van der Waals surface area contributed by atoms with Crippen molar-refractivity contribution in [2.45, 2.75) is 25.5 Å². The highest BCUT2D eigenvalue weighted by molar-refractivity contribution is 5.90. The van der Waals surface area contributed by atoms with E-state index in [9.17, 15) is 24.1 Å². The molecule has 2 aromatic rings. The van der Waals surface area contributed by atoms with Crippen molar-refractivity contribution in [3.05, 3.63) is 46.5 Å². The Hall–Kier alpha value is -3.70. The first-order valence-electron chi connectivity index (χ1n) is 9.77. The second kappa shape index (κ2) is 8.20. The monoisotopic (exact) mass is 432 g/mol. The van der Waals surface area contributed by atoms with E-state index in [1.165, 1.54) is 30.3 Å². The molecule has 3 heterocycles. The van der Waals surface area contributed by atoms with Crippen molar-refractivity contribution in [1.29, 1.82) is 0 Å². The number of amides is 2. The molecule has 2 amide bonds. The number of halogens is 1. The number of carbonyl (C=O) groups is 2. The summed E-state index contributed by atoms with van der Waals surface area (Å²) in [5, 5.41) is 17.5. The lowest BCUT2D eigenvalue weighted by molar-refractivity contribution is -0.385. The van der Waals surface area contributed by atoms with E-state index in [0.717, 1.165) is 0 Å². The molecule has 0 spiro atoms. The predicted molar refractivity (Wildman–Crippen MR) is 107 cm³/mol. The molecule has 2 fully saturated rings. The van der Waals surface area contributed by atoms with Gasteiger partial charge in [-0.3, -0.25) is 24.5 Å². The van der Waals surface area contributed by atoms with Crippen LogP contribution >= 0.6 is 0 Å². The maximum Gasteiger partial charge on any atom is 0.414 e. The highest BCUT2D eigenvalue weighted by atomic mass is 19.1. The number of nitro groups is 1. The van der Waals surface area contributed by atoms with Gasteiger partial charge in [-0.25, -0.2) is 9.18 Å². The number of rotatable bonds is 6. The van der Waals surface area contributed by atoms with Crippen LogP contribution in [0.5, 0.6) is 0 Å². The molecule has 11 nitrogen and oxygen atoms in total. The van der Waals surface area contributed by atoms with Gasteiger partial charge < -0.3 is 15.0 Å². The Morgan fingerprint density at radius 1 is 1.42 bits per heavy atom. The molecule has 0 saturated carbocycles. The molecule has 12 heteroatoms. The van der Waals surface area contributed by atoms with Crippen LogP contribution in [-0.2, 0) is 9.53 Å². The summed E-state index contributed by atoms with van der Waals surface area (Å²) in [6.45, 7) is 2.80. The van der Waals surface area contributed by atoms with Crippen molar-refractivity contribution < 1.29 is 23.6 Å². The minimum absolute atomic E-state index is 0.0803. The Balaban J connectivity index is 1.42. The number of hydrogen-bond donors (Lipinski definition) is 1. The highest BCUT2D eigenvalue weighted by Gasteiger charge is 2.33. The highest BCUT2D eigenvalue weighted by Crippen LogP contribution is 2.32. The molecule has 2 aliphatic rings. The number of benzene rings is 1. The van der Waals surface area contributed by atoms with Crippen LogP contribution in [0.25, 0.3) is 0 Å². The Bertz CT molecular complexity index is 1030. The van der Waals surface area contributed by atoms with Crippen LogP contribution in [0.4, 0.5) is 26.2 Å². The topological polar surface area (TPSA) is 123 Å². The first-order valence-corrected chi connectivity index (χ1v) is 9.77. The van der Waals surface area contributed by atoms with Crippen molar-refractivity contribution in [3.8, 4) is 0 Å². The van der Waals surface area contributed by atoms with Crippen LogP contribution in [0.15, 0.2) is 30.6 Å². The van der Waals surface area contributed by atoms with E-state index in [-0.39, 0.29) is 30.7 Å². The largest absolute Gasteiger partial charge is 0.442 e. The molecule has 1 N–H and O–H groups in total. The SMILES string of the molecule is CC(=O)NCC1CN(c2ccc(N3CCC(n4cc([N+](=O)[O-])cn4)C3)c(F)c2)C(=O)O1. The third kappa shape index (κ3) is 4.27. The normalized spacial score (nSPS) is 20.8. The second-order valence-electron chi connectivity index (χ2n) is 7.51. The van der Waals surface area contributed by atoms with Gasteiger partial charge >= 0.3 is 11.8 Å². The molecular weight excluding hydrogens is 411 g/mol. The van der Waals surface area contributed by atoms with E-state index in [2.05, 4.69) is 10.4 Å². The first kappa shape index (κ1) is 20.6. The Morgan fingerprint density at radius 2 is 2.23 bits per heavy atom. The van der Waals surface area contributed by atoms with Crippen LogP contribution in [0.3, 0.4) is 0 Å². The summed E-state index contributed by atoms with van der Waals surface area (Å²) in [5.41, 5.74) is 0.675. The Labute approximate surface area is 176 Å². The van der Waals surface area contributed by atoms with E-state index >= 15 is 0 Å². The number of cyclic esters (lactones) is 1. The van der Waals surface area contributed by atoms with Gasteiger partial charge in [-0.1, -0.05) is 0 Å². The quantitative estimate of drug-likeness (QED) is 0.546. The number of hydrogen-bond acceptors (Lipinski definition) is 7. The van der Waals surface area contributed by atoms with Gasteiger partial charge in [-0.2, -0.15) is 5.10 Å². The third-order valence-corrected chi connectivity index (χ3v) is 5.37. The van der Waals surface area contributed by atoms with E-state index in [0.29, 0.717) is 30.9 Å². The summed E-state index contributed by atoms with van der Waals surface area (Å²) in [6, 6.07) is 4.43. The summed E-state index contributed by atoms with van der Waals surface area (Å²) >= 11 is 0. The molecule has 2 aliphatic heterocycles. The maximum atomic E-state index is 14.9. The summed E-state index contributed by atoms with van der Waals surface area (Å²) in [7, 11) is 0. The average Bonchev–Trinajstić information content (AvgIpc) is 3.45. The van der Waals surface area contributed by atoms with Gasteiger partial charge in [0.1, 0.15) is 24.3 Å². The van der Waals surface area contributed by atoms with Crippen LogP contribution in [0, 0.1) is 15.9 Å². The van der Waals surface area contributed by atoms with Crippen molar-refractivity contribution in [1.82, 2.24) is 15.1 Å². The zero-order valence-corrected chi connectivity index (χ0v) is 16.7. The van der Waals surface area contributed by atoms with E-state index in [1.54, 1.807) is 16.8 Å². The van der Waals surface area contributed by atoms with E-state index in [4.69, 9.17) is 4.74 Å². The number of carbonyl (C=O) groups excluding carboxylic acids is 2. The van der Waals surface area contributed by atoms with Crippen LogP contribution in [0.2, 0.25) is 0 Å². The standard InChI is InChI=1S/C19H21FN6O5/c1-12(27)21-8-16-11-24(19(28)31-16)13-2-3-18(17(20)6-13)23-5-4-14(9-23)25-10-15(7-22-25)26(29)30/h2-3,6-7,10,14,16H,4-5,8-9,11H2,1H3,(H,21,27). The van der Waals surface area contributed by atoms with Crippen LogP contribution in [-0.4, -0.2) is 59.0 Å². The molecule has 2 atom stereocenters. The fourth-order valence-corrected chi connectivity index (χ4v) is 3.81. The minimum Gasteiger partial charge on any atom is -0.442 e. The first-order chi connectivity index (χ1) is 14.8. The molecular formula is C19H21FN6O5. The lowest BCUT2D eigenvalue weighted by Crippen LogP contribution is -2.33. The molecule has 0 bridgehead atoms. The Morgan fingerprint density at radius 3 is 2.90 bits per heavy atom. The number of anilines is 2. The molecule has 0 radical (unpaired) electrons. The summed E-state index contributed by atoms with van der Waals surface area (Å²) in [4.78, 5) is 36.7. The van der Waals surface area contributed by atoms with Gasteiger partial charge in [-0.05, 0) is 24.6 Å². The fourth-order valence-electron chi connectivity index (χ4n) is 3.81. The van der Waals surface area contributed by atoms with Crippen molar-refractivity contribution in [2.24, 2.45) is 0 Å². The van der Waals surface area contributed by atoms with Crippen LogP contribution in [0.1, 0.15) is 19.4 Å². The van der Waals surface area contributed by atoms with Crippen molar-refractivity contribution in [2.75, 3.05) is 36.0 Å². The van der Waals surface area contributed by atoms with Crippen LogP contribution < -0.4 is 15.1 Å². The van der Waals surface area contributed by atoms with Gasteiger partial charge in [-0.15, -0.1) is 0 Å². The van der Waals surface area contributed by atoms with Gasteiger partial charge in [0.05, 0.1) is 35.4 Å². The van der Waals surface area contributed by atoms with Gasteiger partial charge in [0, 0.05) is 20.0 Å². The molecule has 2 unspecified atom stereocenters. The molecule has 0 aliphatic carbocycles. The predicted octanol–water partition coefficient (Wildman–Crippen LogP) is 1.84. The van der Waals surface area contributed by atoms with E-state index < -0.39 is 22.9 Å². The molecule has 31 heavy (non-hydrogen) atoms.